The van der Waals surface area contributed by atoms with E-state index in [2.05, 4.69) is 9.97 Å². The quantitative estimate of drug-likeness (QED) is 0.682. The molecule has 0 N–H and O–H groups in total. The van der Waals surface area contributed by atoms with Gasteiger partial charge < -0.3 is 14.8 Å². The van der Waals surface area contributed by atoms with Gasteiger partial charge in [-0.2, -0.15) is 4.98 Å². The van der Waals surface area contributed by atoms with Crippen molar-refractivity contribution in [2.75, 3.05) is 33.1 Å². The monoisotopic (exact) mass is 238 g/mol. The first-order valence-electron chi connectivity index (χ1n) is 5.26. The number of anilines is 1. The third-order valence-electron chi connectivity index (χ3n) is 2.74. The molecule has 0 unspecified atom stereocenters. The smallest absolute Gasteiger partial charge is 0.263 e. The van der Waals surface area contributed by atoms with E-state index in [0.717, 1.165) is 11.3 Å². The average Bonchev–Trinajstić information content (AvgIpc) is 2.20. The number of quaternary nitrogens is 1. The van der Waals surface area contributed by atoms with Gasteiger partial charge >= 0.3 is 0 Å². The zero-order chi connectivity index (χ0) is 13.4. The van der Waals surface area contributed by atoms with Crippen LogP contribution in [0.3, 0.4) is 0 Å². The Morgan fingerprint density at radius 2 is 1.76 bits per heavy atom. The van der Waals surface area contributed by atoms with E-state index in [9.17, 15) is 9.90 Å². The molecule has 0 aromatic carbocycles. The molecule has 1 aromatic heterocycles. The highest BCUT2D eigenvalue weighted by molar-refractivity contribution is 5.78. The second kappa shape index (κ2) is 4.29. The molecule has 17 heavy (non-hydrogen) atoms. The number of hydrogen-bond acceptors (Lipinski definition) is 5. The van der Waals surface area contributed by atoms with Gasteiger partial charge in [0.2, 0.25) is 11.8 Å². The van der Waals surface area contributed by atoms with Crippen LogP contribution in [-0.2, 0) is 0 Å². The van der Waals surface area contributed by atoms with Crippen LogP contribution < -0.4 is 14.5 Å². The van der Waals surface area contributed by atoms with Crippen LogP contribution >= 0.6 is 0 Å². The maximum absolute atomic E-state index is 11.2. The predicted octanol–water partition coefficient (Wildman–Crippen LogP) is 0.0696. The molecule has 6 heteroatoms. The predicted molar refractivity (Wildman–Crippen MR) is 64.9 cm³/mol. The number of aromatic nitrogens is 2. The Hall–Kier alpha value is -1.69. The Labute approximate surface area is 101 Å². The fraction of sp³-hybridized carbons (Fsp3) is 0.545. The van der Waals surface area contributed by atoms with Crippen molar-refractivity contribution in [2.45, 2.75) is 13.8 Å². The van der Waals surface area contributed by atoms with Crippen LogP contribution in [0.4, 0.5) is 16.6 Å². The van der Waals surface area contributed by atoms with E-state index >= 15 is 0 Å². The Morgan fingerprint density at radius 3 is 2.18 bits per heavy atom. The van der Waals surface area contributed by atoms with Crippen molar-refractivity contribution in [3.63, 3.8) is 0 Å². The van der Waals surface area contributed by atoms with Crippen LogP contribution in [-0.4, -0.2) is 44.3 Å². The first-order valence-corrected chi connectivity index (χ1v) is 5.26. The molecule has 0 saturated carbocycles. The molecule has 6 nitrogen and oxygen atoms in total. The van der Waals surface area contributed by atoms with Gasteiger partial charge in [-0.25, -0.2) is 9.47 Å². The highest BCUT2D eigenvalue weighted by Gasteiger charge is 2.28. The van der Waals surface area contributed by atoms with Gasteiger partial charge in [0.05, 0.1) is 25.4 Å². The second-order valence-electron chi connectivity index (χ2n) is 4.67. The van der Waals surface area contributed by atoms with Crippen molar-refractivity contribution in [2.24, 2.45) is 0 Å². The molecule has 0 spiro atoms. The molecule has 0 atom stereocenters. The molecule has 0 aliphatic heterocycles. The molecule has 94 valence electrons. The number of rotatable bonds is 2. The molecule has 1 amide bonds. The van der Waals surface area contributed by atoms with Crippen molar-refractivity contribution < 1.29 is 9.90 Å². The molecule has 1 heterocycles. The van der Waals surface area contributed by atoms with Gasteiger partial charge in [-0.15, -0.1) is 0 Å². The van der Waals surface area contributed by atoms with Gasteiger partial charge in [0.1, 0.15) is 0 Å². The standard InChI is InChI=1S/C11H18N4O2/c1-7-8(2)12-10(14(3)4)13-9(7)15(5,6)11(16)17/h1-6H3. The van der Waals surface area contributed by atoms with Gasteiger partial charge in [0.15, 0.2) is 0 Å². The van der Waals surface area contributed by atoms with Gasteiger partial charge in [-0.1, -0.05) is 0 Å². The second-order valence-corrected chi connectivity index (χ2v) is 4.67. The van der Waals surface area contributed by atoms with Gasteiger partial charge in [0, 0.05) is 14.1 Å². The maximum Gasteiger partial charge on any atom is 0.263 e. The molecular weight excluding hydrogens is 220 g/mol. The Bertz CT molecular complexity index is 455. The molecule has 0 aliphatic rings. The normalized spacial score (nSPS) is 11.4. The summed E-state index contributed by atoms with van der Waals surface area (Å²) in [6.07, 6.45) is -1.20. The molecule has 0 bridgehead atoms. The molecule has 0 fully saturated rings. The van der Waals surface area contributed by atoms with Crippen molar-refractivity contribution in [3.05, 3.63) is 11.3 Å². The van der Waals surface area contributed by atoms with E-state index in [1.165, 1.54) is 14.1 Å². The summed E-state index contributed by atoms with van der Waals surface area (Å²) in [5.41, 5.74) is 1.54. The van der Waals surface area contributed by atoms with Gasteiger partial charge in [-0.05, 0) is 13.8 Å². The third kappa shape index (κ3) is 2.36. The summed E-state index contributed by atoms with van der Waals surface area (Å²) < 4.78 is -0.421. The van der Waals surface area contributed by atoms with E-state index in [1.807, 2.05) is 27.9 Å². The number of carboxylic acid groups (broad SMARTS) is 1. The summed E-state index contributed by atoms with van der Waals surface area (Å²) in [4.78, 5) is 21.5. The topological polar surface area (TPSA) is 69.2 Å². The summed E-state index contributed by atoms with van der Waals surface area (Å²) in [7, 11) is 6.69. The largest absolute Gasteiger partial charge is 0.498 e. The zero-order valence-electron chi connectivity index (χ0n) is 11.1. The third-order valence-corrected chi connectivity index (χ3v) is 2.74. The SMILES string of the molecule is Cc1nc(N(C)C)nc([N+](C)(C)C(=O)[O-])c1C. The van der Waals surface area contributed by atoms with Crippen molar-refractivity contribution in [1.29, 1.82) is 0 Å². The van der Waals surface area contributed by atoms with Crippen LogP contribution in [0.2, 0.25) is 0 Å². The van der Waals surface area contributed by atoms with Crippen LogP contribution in [0.25, 0.3) is 0 Å². The number of carbonyl (C=O) groups excluding carboxylic acids is 1. The van der Waals surface area contributed by atoms with E-state index in [1.54, 1.807) is 4.90 Å². The van der Waals surface area contributed by atoms with Crippen molar-refractivity contribution in [3.8, 4) is 0 Å². The number of amides is 1. The van der Waals surface area contributed by atoms with E-state index in [0.29, 0.717) is 11.8 Å². The summed E-state index contributed by atoms with van der Waals surface area (Å²) in [5, 5.41) is 11.2. The highest BCUT2D eigenvalue weighted by atomic mass is 16.4. The van der Waals surface area contributed by atoms with Crippen molar-refractivity contribution in [1.82, 2.24) is 14.5 Å². The van der Waals surface area contributed by atoms with Crippen LogP contribution in [0, 0.1) is 13.8 Å². The summed E-state index contributed by atoms with van der Waals surface area (Å²) >= 11 is 0. The van der Waals surface area contributed by atoms with E-state index in [4.69, 9.17) is 0 Å². The Kier molecular flexibility index (Phi) is 3.38. The number of nitrogens with zero attached hydrogens (tertiary/aromatic N) is 4. The van der Waals surface area contributed by atoms with Crippen LogP contribution in [0.5, 0.6) is 0 Å². The van der Waals surface area contributed by atoms with E-state index in [-0.39, 0.29) is 0 Å². The van der Waals surface area contributed by atoms with E-state index < -0.39 is 10.6 Å². The first kappa shape index (κ1) is 13.4. The van der Waals surface area contributed by atoms with Crippen LogP contribution in [0.15, 0.2) is 0 Å². The fourth-order valence-corrected chi connectivity index (χ4v) is 1.43. The summed E-state index contributed by atoms with van der Waals surface area (Å²) in [6.45, 7) is 3.65. The summed E-state index contributed by atoms with van der Waals surface area (Å²) in [5.74, 6) is 0.941. The lowest BCUT2D eigenvalue weighted by atomic mass is 10.2. The minimum Gasteiger partial charge on any atom is -0.498 e. The Morgan fingerprint density at radius 1 is 1.24 bits per heavy atom. The van der Waals surface area contributed by atoms with Gasteiger partial charge in [0.25, 0.3) is 6.09 Å². The fourth-order valence-electron chi connectivity index (χ4n) is 1.43. The number of aryl methyl sites for hydroxylation is 1. The molecule has 0 aliphatic carbocycles. The van der Waals surface area contributed by atoms with Crippen LogP contribution in [0.1, 0.15) is 11.3 Å². The molecule has 0 saturated heterocycles. The minimum atomic E-state index is -1.20. The molecular formula is C11H18N4O2. The Balaban J connectivity index is 3.47. The lowest BCUT2D eigenvalue weighted by Gasteiger charge is -2.29. The molecule has 1 aromatic rings. The van der Waals surface area contributed by atoms with Crippen molar-refractivity contribution >= 4 is 17.9 Å². The lowest BCUT2D eigenvalue weighted by Crippen LogP contribution is -2.55. The minimum absolute atomic E-state index is 0.421. The highest BCUT2D eigenvalue weighted by Crippen LogP contribution is 2.25. The first-order chi connectivity index (χ1) is 7.67. The summed E-state index contributed by atoms with van der Waals surface area (Å²) in [6, 6.07) is 0. The number of hydrogen-bond donors (Lipinski definition) is 0. The maximum atomic E-state index is 11.2. The molecule has 0 radical (unpaired) electrons. The zero-order valence-corrected chi connectivity index (χ0v) is 11.1. The molecule has 1 rings (SSSR count). The number of carbonyl (C=O) groups is 1. The van der Waals surface area contributed by atoms with Gasteiger partial charge in [-0.3, -0.25) is 0 Å². The average molecular weight is 238 g/mol. The lowest BCUT2D eigenvalue weighted by molar-refractivity contribution is -0.261.